The minimum absolute atomic E-state index is 0.671. The minimum Gasteiger partial charge on any atom is -0.478 e. The van der Waals surface area contributed by atoms with Crippen LogP contribution in [-0.4, -0.2) is 53.9 Å². The van der Waals surface area contributed by atoms with Crippen LogP contribution < -0.4 is 4.72 Å². The van der Waals surface area contributed by atoms with Gasteiger partial charge in [0.25, 0.3) is 15.9 Å². The first-order valence-corrected chi connectivity index (χ1v) is 5.93. The average molecular weight is 285 g/mol. The Morgan fingerprint density at radius 3 is 2.67 bits per heavy atom. The van der Waals surface area contributed by atoms with Crippen molar-refractivity contribution in [1.82, 2.24) is 14.9 Å². The van der Waals surface area contributed by atoms with Crippen molar-refractivity contribution in [3.8, 4) is 0 Å². The van der Waals surface area contributed by atoms with E-state index in [4.69, 9.17) is 10.2 Å². The Balaban J connectivity index is 2.94. The second-order valence-electron chi connectivity index (χ2n) is 3.26. The summed E-state index contributed by atoms with van der Waals surface area (Å²) in [4.78, 5) is 10.6. The van der Waals surface area contributed by atoms with Crippen molar-refractivity contribution >= 4 is 16.0 Å². The van der Waals surface area contributed by atoms with Crippen LogP contribution >= 0.6 is 0 Å². The quantitative estimate of drug-likeness (QED) is 0.530. The van der Waals surface area contributed by atoms with E-state index in [0.29, 0.717) is 0 Å². The molecular formula is C7H9F2N3O5S. The number of carbonyl (C=O) groups is 1. The van der Waals surface area contributed by atoms with Gasteiger partial charge in [-0.2, -0.15) is 5.10 Å². The van der Waals surface area contributed by atoms with Crippen molar-refractivity contribution in [3.05, 3.63) is 11.8 Å². The molecule has 0 unspecified atom stereocenters. The Kier molecular flexibility index (Phi) is 3.98. The molecule has 1 aromatic heterocycles. The number of aromatic amines is 1. The van der Waals surface area contributed by atoms with Crippen molar-refractivity contribution in [2.75, 3.05) is 13.2 Å². The Labute approximate surface area is 99.7 Å². The summed E-state index contributed by atoms with van der Waals surface area (Å²) in [5, 5.41) is 21.2. The summed E-state index contributed by atoms with van der Waals surface area (Å²) in [6, 6.07) is 0. The first-order chi connectivity index (χ1) is 8.19. The van der Waals surface area contributed by atoms with Crippen LogP contribution in [0.5, 0.6) is 0 Å². The second-order valence-corrected chi connectivity index (χ2v) is 4.96. The lowest BCUT2D eigenvalue weighted by Gasteiger charge is -2.13. The summed E-state index contributed by atoms with van der Waals surface area (Å²) in [5.41, 5.74) is -0.671. The lowest BCUT2D eigenvalue weighted by atomic mass is 10.4. The van der Waals surface area contributed by atoms with Crippen molar-refractivity contribution < 1.29 is 32.2 Å². The third kappa shape index (κ3) is 3.21. The smallest absolute Gasteiger partial charge is 0.340 e. The zero-order valence-electron chi connectivity index (χ0n) is 8.72. The highest BCUT2D eigenvalue weighted by atomic mass is 32.2. The molecule has 0 amide bonds. The van der Waals surface area contributed by atoms with E-state index in [1.54, 1.807) is 0 Å². The fourth-order valence-corrected chi connectivity index (χ4v) is 2.11. The van der Waals surface area contributed by atoms with Gasteiger partial charge in [0, 0.05) is 0 Å². The third-order valence-corrected chi connectivity index (χ3v) is 3.23. The van der Waals surface area contributed by atoms with Gasteiger partial charge in [-0.15, -0.1) is 0 Å². The van der Waals surface area contributed by atoms with Gasteiger partial charge in [0.1, 0.15) is 12.2 Å². The molecule has 0 aliphatic carbocycles. The molecule has 0 bridgehead atoms. The highest BCUT2D eigenvalue weighted by molar-refractivity contribution is 7.89. The first kappa shape index (κ1) is 14.5. The van der Waals surface area contributed by atoms with Crippen molar-refractivity contribution in [2.45, 2.75) is 10.9 Å². The number of rotatable bonds is 6. The molecule has 0 fully saturated rings. The molecule has 8 nitrogen and oxygen atoms in total. The molecule has 0 aliphatic heterocycles. The van der Waals surface area contributed by atoms with Gasteiger partial charge < -0.3 is 10.2 Å². The van der Waals surface area contributed by atoms with E-state index >= 15 is 0 Å². The van der Waals surface area contributed by atoms with Gasteiger partial charge in [-0.05, 0) is 0 Å². The fourth-order valence-electron chi connectivity index (χ4n) is 0.960. The molecule has 18 heavy (non-hydrogen) atoms. The summed E-state index contributed by atoms with van der Waals surface area (Å²) in [6.45, 7) is -2.89. The van der Waals surface area contributed by atoms with Crippen LogP contribution in [0.3, 0.4) is 0 Å². The van der Waals surface area contributed by atoms with E-state index in [9.17, 15) is 22.0 Å². The van der Waals surface area contributed by atoms with Crippen LogP contribution in [0.25, 0.3) is 0 Å². The lowest BCUT2D eigenvalue weighted by Crippen LogP contribution is -2.39. The Bertz CT molecular complexity index is 541. The Morgan fingerprint density at radius 1 is 1.56 bits per heavy atom. The number of aliphatic hydroxyl groups excluding tert-OH is 1. The van der Waals surface area contributed by atoms with Crippen molar-refractivity contribution in [3.63, 3.8) is 0 Å². The summed E-state index contributed by atoms with van der Waals surface area (Å²) < 4.78 is 49.8. The number of nitrogens with zero attached hydrogens (tertiary/aromatic N) is 1. The number of sulfonamides is 1. The number of aromatic carboxylic acids is 1. The number of nitrogens with one attached hydrogen (secondary N) is 2. The van der Waals surface area contributed by atoms with Gasteiger partial charge >= 0.3 is 5.97 Å². The highest BCUT2D eigenvalue weighted by Crippen LogP contribution is 2.14. The Morgan fingerprint density at radius 2 is 2.17 bits per heavy atom. The lowest BCUT2D eigenvalue weighted by molar-refractivity contribution is -0.0437. The molecule has 0 aliphatic rings. The Hall–Kier alpha value is -1.59. The van der Waals surface area contributed by atoms with E-state index in [0.717, 1.165) is 6.20 Å². The van der Waals surface area contributed by atoms with E-state index in [-0.39, 0.29) is 0 Å². The predicted octanol–water partition coefficient (Wildman–Crippen LogP) is -0.986. The van der Waals surface area contributed by atoms with Crippen LogP contribution in [0.4, 0.5) is 8.78 Å². The van der Waals surface area contributed by atoms with Crippen LogP contribution in [0.15, 0.2) is 11.2 Å². The monoisotopic (exact) mass is 285 g/mol. The maximum absolute atomic E-state index is 12.7. The molecule has 0 saturated carbocycles. The third-order valence-electron chi connectivity index (χ3n) is 1.86. The number of hydrogen-bond donors (Lipinski definition) is 4. The molecule has 1 rings (SSSR count). The SMILES string of the molecule is O=C(O)c1cn[nH]c1S(=O)(=O)NCC(F)(F)CO. The fraction of sp³-hybridized carbons (Fsp3) is 0.429. The molecule has 0 saturated heterocycles. The molecule has 4 N–H and O–H groups in total. The van der Waals surface area contributed by atoms with E-state index in [2.05, 4.69) is 5.10 Å². The number of carboxylic acids is 1. The van der Waals surface area contributed by atoms with Crippen LogP contribution in [-0.2, 0) is 10.0 Å². The van der Waals surface area contributed by atoms with E-state index in [1.807, 2.05) is 5.10 Å². The molecule has 0 atom stereocenters. The van der Waals surface area contributed by atoms with Gasteiger partial charge in [0.15, 0.2) is 5.03 Å². The van der Waals surface area contributed by atoms with Crippen LogP contribution in [0.2, 0.25) is 0 Å². The summed E-state index contributed by atoms with van der Waals surface area (Å²) in [7, 11) is -4.48. The highest BCUT2D eigenvalue weighted by Gasteiger charge is 2.32. The number of carboxylic acid groups (broad SMARTS) is 1. The largest absolute Gasteiger partial charge is 0.478 e. The zero-order valence-corrected chi connectivity index (χ0v) is 9.54. The van der Waals surface area contributed by atoms with Crippen molar-refractivity contribution in [2.24, 2.45) is 0 Å². The van der Waals surface area contributed by atoms with Gasteiger partial charge in [0.2, 0.25) is 0 Å². The first-order valence-electron chi connectivity index (χ1n) is 4.44. The van der Waals surface area contributed by atoms with Crippen molar-refractivity contribution in [1.29, 1.82) is 0 Å². The van der Waals surface area contributed by atoms with E-state index in [1.165, 1.54) is 4.72 Å². The average Bonchev–Trinajstić information content (AvgIpc) is 2.76. The zero-order chi connectivity index (χ0) is 14.0. The number of halogens is 2. The maximum Gasteiger partial charge on any atom is 0.340 e. The topological polar surface area (TPSA) is 132 Å². The molecule has 1 aromatic rings. The van der Waals surface area contributed by atoms with Gasteiger partial charge in [-0.25, -0.2) is 26.7 Å². The predicted molar refractivity (Wildman–Crippen MR) is 52.8 cm³/mol. The van der Waals surface area contributed by atoms with Crippen LogP contribution in [0, 0.1) is 0 Å². The summed E-state index contributed by atoms with van der Waals surface area (Å²) >= 11 is 0. The van der Waals surface area contributed by atoms with E-state index < -0.39 is 45.7 Å². The minimum atomic E-state index is -4.48. The normalized spacial score (nSPS) is 12.6. The van der Waals surface area contributed by atoms with Gasteiger partial charge in [-0.1, -0.05) is 0 Å². The molecule has 11 heteroatoms. The summed E-state index contributed by atoms with van der Waals surface area (Å²) in [6.07, 6.45) is 0.737. The molecule has 0 radical (unpaired) electrons. The maximum atomic E-state index is 12.7. The van der Waals surface area contributed by atoms with Gasteiger partial charge in [-0.3, -0.25) is 5.10 Å². The number of aromatic nitrogens is 2. The molecule has 0 spiro atoms. The number of H-pyrrole nitrogens is 1. The van der Waals surface area contributed by atoms with Gasteiger partial charge in [0.05, 0.1) is 12.7 Å². The summed E-state index contributed by atoms with van der Waals surface area (Å²) in [5.74, 6) is -5.21. The molecular weight excluding hydrogens is 276 g/mol. The number of alkyl halides is 2. The number of hydrogen-bond acceptors (Lipinski definition) is 5. The molecule has 1 heterocycles. The standard InChI is InChI=1S/C7H9F2N3O5S/c8-7(9,3-13)2-11-18(16,17)5-4(6(14)15)1-10-12-5/h1,11,13H,2-3H2,(H,10,12)(H,14,15). The number of aliphatic hydroxyl groups is 1. The molecule has 102 valence electrons. The van der Waals surface area contributed by atoms with Crippen LogP contribution in [0.1, 0.15) is 10.4 Å². The molecule has 0 aromatic carbocycles. The second kappa shape index (κ2) is 4.96.